The van der Waals surface area contributed by atoms with Crippen LogP contribution in [0.15, 0.2) is 24.3 Å². The normalized spacial score (nSPS) is 21.7. The van der Waals surface area contributed by atoms with Gasteiger partial charge in [0.1, 0.15) is 16.9 Å². The van der Waals surface area contributed by atoms with Crippen LogP contribution >= 0.6 is 11.3 Å². The van der Waals surface area contributed by atoms with E-state index in [0.717, 1.165) is 30.0 Å². The highest BCUT2D eigenvalue weighted by atomic mass is 32.1. The second-order valence-electron chi connectivity index (χ2n) is 6.21. The van der Waals surface area contributed by atoms with Crippen molar-refractivity contribution in [2.24, 2.45) is 5.92 Å². The fraction of sp³-hybridized carbons (Fsp3) is 0.333. The highest BCUT2D eigenvalue weighted by Crippen LogP contribution is 2.49. The first-order valence-electron chi connectivity index (χ1n) is 7.99. The fourth-order valence-corrected chi connectivity index (χ4v) is 4.52. The molecule has 0 spiro atoms. The Hall–Kier alpha value is -2.23. The quantitative estimate of drug-likeness (QED) is 0.901. The first-order chi connectivity index (χ1) is 11.7. The first-order valence-corrected chi connectivity index (χ1v) is 8.81. The number of benzene rings is 1. The van der Waals surface area contributed by atoms with Crippen molar-refractivity contribution in [2.45, 2.75) is 25.3 Å². The van der Waals surface area contributed by atoms with Crippen molar-refractivity contribution in [1.29, 1.82) is 5.26 Å². The van der Waals surface area contributed by atoms with Crippen LogP contribution in [-0.4, -0.2) is 12.5 Å². The van der Waals surface area contributed by atoms with Gasteiger partial charge in [-0.3, -0.25) is 4.79 Å². The molecule has 1 fully saturated rings. The van der Waals surface area contributed by atoms with Crippen molar-refractivity contribution < 1.29 is 9.18 Å². The molecule has 2 aliphatic rings. The molecule has 1 aliphatic carbocycles. The molecule has 4 rings (SSSR count). The summed E-state index contributed by atoms with van der Waals surface area (Å²) in [5, 5.41) is 16.2. The second kappa shape index (κ2) is 6.00. The molecule has 6 heteroatoms. The lowest BCUT2D eigenvalue weighted by Gasteiger charge is -2.11. The maximum absolute atomic E-state index is 13.8. The summed E-state index contributed by atoms with van der Waals surface area (Å²) in [6.07, 6.45) is 1.47. The van der Waals surface area contributed by atoms with E-state index in [1.807, 2.05) is 0 Å². The predicted octanol–water partition coefficient (Wildman–Crippen LogP) is 3.15. The zero-order valence-corrected chi connectivity index (χ0v) is 13.8. The standard InChI is InChI=1S/C18H16FN3OS/c19-15-4-2-1-3-10(15)12-7-13(12)17(23)22-18-14(8-20)11-5-6-21-9-16(11)24-18/h1-4,12-13,21H,5-7,9H2,(H,22,23). The molecular formula is C18H16FN3OS. The zero-order valence-electron chi connectivity index (χ0n) is 12.9. The number of carbonyl (C=O) groups excluding carboxylic acids is 1. The molecule has 0 bridgehead atoms. The SMILES string of the molecule is N#Cc1c(NC(=O)C2CC2c2ccccc2F)sc2c1CCNC2. The van der Waals surface area contributed by atoms with Gasteiger partial charge in [-0.2, -0.15) is 5.26 Å². The van der Waals surface area contributed by atoms with E-state index in [1.54, 1.807) is 18.2 Å². The lowest BCUT2D eigenvalue weighted by molar-refractivity contribution is -0.117. The monoisotopic (exact) mass is 341 g/mol. The number of halogens is 1. The molecular weight excluding hydrogens is 325 g/mol. The van der Waals surface area contributed by atoms with Crippen molar-refractivity contribution in [1.82, 2.24) is 5.32 Å². The summed E-state index contributed by atoms with van der Waals surface area (Å²) in [6.45, 7) is 1.59. The van der Waals surface area contributed by atoms with Gasteiger partial charge in [-0.05, 0) is 42.5 Å². The Morgan fingerprint density at radius 1 is 1.42 bits per heavy atom. The van der Waals surface area contributed by atoms with Gasteiger partial charge in [0.05, 0.1) is 5.56 Å². The maximum atomic E-state index is 13.8. The number of nitrogens with zero attached hydrogens (tertiary/aromatic N) is 1. The van der Waals surface area contributed by atoms with Gasteiger partial charge < -0.3 is 10.6 Å². The Kier molecular flexibility index (Phi) is 3.83. The molecule has 2 atom stereocenters. The minimum Gasteiger partial charge on any atom is -0.316 e. The fourth-order valence-electron chi connectivity index (χ4n) is 3.35. The van der Waals surface area contributed by atoms with Crippen molar-refractivity contribution in [3.05, 3.63) is 51.7 Å². The lowest BCUT2D eigenvalue weighted by Crippen LogP contribution is -2.22. The van der Waals surface area contributed by atoms with Crippen molar-refractivity contribution in [3.63, 3.8) is 0 Å². The Balaban J connectivity index is 1.51. The first kappa shape index (κ1) is 15.3. The van der Waals surface area contributed by atoms with Crippen LogP contribution in [0.5, 0.6) is 0 Å². The van der Waals surface area contributed by atoms with Gasteiger partial charge in [0.15, 0.2) is 0 Å². The molecule has 1 aliphatic heterocycles. The van der Waals surface area contributed by atoms with Gasteiger partial charge in [-0.15, -0.1) is 11.3 Å². The molecule has 122 valence electrons. The predicted molar refractivity (Wildman–Crippen MR) is 90.3 cm³/mol. The van der Waals surface area contributed by atoms with Crippen LogP contribution in [-0.2, 0) is 17.8 Å². The molecule has 0 saturated heterocycles. The van der Waals surface area contributed by atoms with E-state index < -0.39 is 0 Å². The number of fused-ring (bicyclic) bond motifs is 1. The largest absolute Gasteiger partial charge is 0.316 e. The van der Waals surface area contributed by atoms with E-state index in [-0.39, 0.29) is 23.6 Å². The molecule has 24 heavy (non-hydrogen) atoms. The van der Waals surface area contributed by atoms with Crippen LogP contribution in [0.2, 0.25) is 0 Å². The average molecular weight is 341 g/mol. The topological polar surface area (TPSA) is 64.9 Å². The Labute approximate surface area is 143 Å². The van der Waals surface area contributed by atoms with Crippen LogP contribution in [0.3, 0.4) is 0 Å². The molecule has 0 radical (unpaired) electrons. The van der Waals surface area contributed by atoms with Gasteiger partial charge in [0.25, 0.3) is 0 Å². The van der Waals surface area contributed by atoms with E-state index in [0.29, 0.717) is 22.5 Å². The summed E-state index contributed by atoms with van der Waals surface area (Å²) in [5.74, 6) is -0.654. The minimum atomic E-state index is -0.256. The molecule has 1 saturated carbocycles. The van der Waals surface area contributed by atoms with Gasteiger partial charge in [-0.25, -0.2) is 4.39 Å². The highest BCUT2D eigenvalue weighted by molar-refractivity contribution is 7.16. The number of rotatable bonds is 3. The molecule has 1 aromatic carbocycles. The Bertz CT molecular complexity index is 854. The van der Waals surface area contributed by atoms with Crippen LogP contribution in [0.1, 0.15) is 33.9 Å². The van der Waals surface area contributed by atoms with Crippen LogP contribution in [0, 0.1) is 23.1 Å². The third-order valence-corrected chi connectivity index (χ3v) is 5.86. The molecule has 1 aromatic heterocycles. The molecule has 2 N–H and O–H groups in total. The van der Waals surface area contributed by atoms with E-state index in [2.05, 4.69) is 16.7 Å². The number of hydrogen-bond acceptors (Lipinski definition) is 4. The van der Waals surface area contributed by atoms with E-state index in [9.17, 15) is 14.4 Å². The Morgan fingerprint density at radius 3 is 3.04 bits per heavy atom. The van der Waals surface area contributed by atoms with Crippen LogP contribution in [0.25, 0.3) is 0 Å². The molecule has 4 nitrogen and oxygen atoms in total. The van der Waals surface area contributed by atoms with E-state index in [4.69, 9.17) is 0 Å². The maximum Gasteiger partial charge on any atom is 0.228 e. The smallest absolute Gasteiger partial charge is 0.228 e. The average Bonchev–Trinajstić information content (AvgIpc) is 3.30. The summed E-state index contributed by atoms with van der Waals surface area (Å²) >= 11 is 1.47. The van der Waals surface area contributed by atoms with Crippen LogP contribution in [0.4, 0.5) is 9.39 Å². The molecule has 2 aromatic rings. The zero-order chi connectivity index (χ0) is 16.7. The molecule has 2 unspecified atom stereocenters. The minimum absolute atomic E-state index is 0.0620. The van der Waals surface area contributed by atoms with E-state index in [1.165, 1.54) is 17.4 Å². The summed E-state index contributed by atoms with van der Waals surface area (Å²) in [7, 11) is 0. The number of amides is 1. The molecule has 2 heterocycles. The molecule has 1 amide bonds. The summed E-state index contributed by atoms with van der Waals surface area (Å²) in [4.78, 5) is 13.6. The number of carbonyl (C=O) groups is 1. The third kappa shape index (κ3) is 2.60. The number of thiophene rings is 1. The van der Waals surface area contributed by atoms with Gasteiger partial charge in [0, 0.05) is 17.3 Å². The summed E-state index contributed by atoms with van der Waals surface area (Å²) in [6, 6.07) is 8.84. The third-order valence-electron chi connectivity index (χ3n) is 4.71. The van der Waals surface area contributed by atoms with Crippen molar-refractivity contribution >= 4 is 22.2 Å². The van der Waals surface area contributed by atoms with E-state index >= 15 is 0 Å². The number of nitriles is 1. The van der Waals surface area contributed by atoms with Crippen LogP contribution < -0.4 is 10.6 Å². The van der Waals surface area contributed by atoms with Gasteiger partial charge in [-0.1, -0.05) is 18.2 Å². The van der Waals surface area contributed by atoms with Gasteiger partial charge >= 0.3 is 0 Å². The Morgan fingerprint density at radius 2 is 2.25 bits per heavy atom. The summed E-state index contributed by atoms with van der Waals surface area (Å²) in [5.41, 5.74) is 2.25. The lowest BCUT2D eigenvalue weighted by atomic mass is 10.0. The van der Waals surface area contributed by atoms with Crippen molar-refractivity contribution in [3.8, 4) is 6.07 Å². The van der Waals surface area contributed by atoms with Gasteiger partial charge in [0.2, 0.25) is 5.91 Å². The highest BCUT2D eigenvalue weighted by Gasteiger charge is 2.45. The second-order valence-corrected chi connectivity index (χ2v) is 7.31. The number of nitrogens with one attached hydrogen (secondary N) is 2. The van der Waals surface area contributed by atoms with Crippen molar-refractivity contribution in [2.75, 3.05) is 11.9 Å². The summed E-state index contributed by atoms with van der Waals surface area (Å²) < 4.78 is 13.8. The number of hydrogen-bond donors (Lipinski definition) is 2. The number of anilines is 1.